The Balaban J connectivity index is 1.47. The number of carbonyl (C=O) groups excluding carboxylic acids is 2. The van der Waals surface area contributed by atoms with Crippen LogP contribution >= 0.6 is 0 Å². The van der Waals surface area contributed by atoms with Gasteiger partial charge in [-0.1, -0.05) is 75.1 Å². The van der Waals surface area contributed by atoms with E-state index in [-0.39, 0.29) is 24.2 Å². The van der Waals surface area contributed by atoms with Gasteiger partial charge in [0.15, 0.2) is 0 Å². The Morgan fingerprint density at radius 1 is 0.868 bits per heavy atom. The summed E-state index contributed by atoms with van der Waals surface area (Å²) in [4.78, 5) is 30.4. The average Bonchev–Trinajstić information content (AvgIpc) is 3.61. The number of rotatable bonds is 13. The molecule has 1 saturated carbocycles. The molecule has 0 aliphatic heterocycles. The van der Waals surface area contributed by atoms with Crippen LogP contribution in [-0.4, -0.2) is 39.3 Å². The zero-order valence-electron chi connectivity index (χ0n) is 22.5. The van der Waals surface area contributed by atoms with Gasteiger partial charge in [0.05, 0.1) is 13.1 Å². The van der Waals surface area contributed by atoms with Crippen molar-refractivity contribution in [3.63, 3.8) is 0 Å². The molecule has 0 saturated heterocycles. The third-order valence-corrected chi connectivity index (χ3v) is 7.53. The predicted molar refractivity (Wildman–Crippen MR) is 149 cm³/mol. The molecule has 1 aliphatic rings. The van der Waals surface area contributed by atoms with E-state index in [0.29, 0.717) is 38.5 Å². The van der Waals surface area contributed by atoms with E-state index >= 15 is 0 Å². The summed E-state index contributed by atoms with van der Waals surface area (Å²) in [5, 5.41) is 0. The van der Waals surface area contributed by atoms with Crippen LogP contribution in [0.1, 0.15) is 68.7 Å². The average molecular weight is 518 g/mol. The van der Waals surface area contributed by atoms with Crippen LogP contribution in [-0.2, 0) is 29.2 Å². The predicted octanol–water partition coefficient (Wildman–Crippen LogP) is 6.41. The summed E-state index contributed by atoms with van der Waals surface area (Å²) in [6.45, 7) is 4.23. The summed E-state index contributed by atoms with van der Waals surface area (Å²) in [6.07, 6.45) is 9.25. The zero-order chi connectivity index (χ0) is 26.7. The molecular formula is C32H40FN3O2. The van der Waals surface area contributed by atoms with Gasteiger partial charge in [0, 0.05) is 37.9 Å². The van der Waals surface area contributed by atoms with Gasteiger partial charge in [0.25, 0.3) is 0 Å². The van der Waals surface area contributed by atoms with Gasteiger partial charge in [0.1, 0.15) is 5.82 Å². The number of amides is 2. The molecule has 5 nitrogen and oxygen atoms in total. The molecule has 0 atom stereocenters. The van der Waals surface area contributed by atoms with Gasteiger partial charge in [-0.05, 0) is 54.2 Å². The zero-order valence-corrected chi connectivity index (χ0v) is 22.5. The van der Waals surface area contributed by atoms with Crippen molar-refractivity contribution < 1.29 is 14.0 Å². The molecule has 2 amide bonds. The maximum absolute atomic E-state index is 13.7. The first-order chi connectivity index (χ1) is 18.5. The van der Waals surface area contributed by atoms with E-state index in [1.54, 1.807) is 17.0 Å². The maximum atomic E-state index is 13.7. The van der Waals surface area contributed by atoms with Crippen molar-refractivity contribution in [1.82, 2.24) is 14.4 Å². The summed E-state index contributed by atoms with van der Waals surface area (Å²) < 4.78 is 15.5. The van der Waals surface area contributed by atoms with Crippen LogP contribution in [0.2, 0.25) is 0 Å². The van der Waals surface area contributed by atoms with Gasteiger partial charge >= 0.3 is 0 Å². The molecule has 0 N–H and O–H groups in total. The van der Waals surface area contributed by atoms with Gasteiger partial charge < -0.3 is 14.4 Å². The van der Waals surface area contributed by atoms with Gasteiger partial charge in [-0.15, -0.1) is 0 Å². The van der Waals surface area contributed by atoms with Crippen LogP contribution in [0, 0.1) is 11.7 Å². The molecule has 1 fully saturated rings. The van der Waals surface area contributed by atoms with Crippen molar-refractivity contribution in [2.45, 2.75) is 71.5 Å². The number of carbonyl (C=O) groups is 2. The smallest absolute Gasteiger partial charge is 0.242 e. The molecule has 0 bridgehead atoms. The molecule has 2 aromatic carbocycles. The summed E-state index contributed by atoms with van der Waals surface area (Å²) in [7, 11) is 0. The van der Waals surface area contributed by atoms with Crippen LogP contribution in [0.25, 0.3) is 0 Å². The van der Waals surface area contributed by atoms with E-state index in [9.17, 15) is 14.0 Å². The molecule has 4 rings (SSSR count). The SMILES string of the molecule is CCCN(CC(=O)N(Cc1ccccc1)Cc1cccn1Cc1ccc(F)cc1)C(=O)CCC1CCCC1. The number of hydrogen-bond acceptors (Lipinski definition) is 2. The lowest BCUT2D eigenvalue weighted by Crippen LogP contribution is -2.43. The Kier molecular flexibility index (Phi) is 10.1. The third kappa shape index (κ3) is 8.04. The first-order valence-corrected chi connectivity index (χ1v) is 14.0. The van der Waals surface area contributed by atoms with Crippen molar-refractivity contribution in [3.05, 3.63) is 95.6 Å². The quantitative estimate of drug-likeness (QED) is 0.263. The molecule has 0 spiro atoms. The lowest BCUT2D eigenvalue weighted by Gasteiger charge is -2.28. The first-order valence-electron chi connectivity index (χ1n) is 14.0. The summed E-state index contributed by atoms with van der Waals surface area (Å²) >= 11 is 0. The Hall–Kier alpha value is -3.41. The standard InChI is InChI=1S/C32H40FN3O2/c1-2-20-35(31(37)19-16-26-9-6-7-10-26)25-32(38)36(23-27-11-4-3-5-12-27)24-30-13-8-21-34(30)22-28-14-17-29(33)18-15-28/h3-5,8,11-15,17-18,21,26H,2,6-7,9-10,16,19-20,22-25H2,1H3. The number of nitrogens with zero attached hydrogens (tertiary/aromatic N) is 3. The Morgan fingerprint density at radius 3 is 2.32 bits per heavy atom. The highest BCUT2D eigenvalue weighted by molar-refractivity contribution is 5.84. The summed E-state index contributed by atoms with van der Waals surface area (Å²) in [6, 6.07) is 20.5. The number of aromatic nitrogens is 1. The van der Waals surface area contributed by atoms with Crippen molar-refractivity contribution in [2.24, 2.45) is 5.92 Å². The second kappa shape index (κ2) is 13.9. The minimum absolute atomic E-state index is 0.0500. The molecule has 38 heavy (non-hydrogen) atoms. The molecule has 0 unspecified atom stereocenters. The van der Waals surface area contributed by atoms with Gasteiger partial charge in [-0.25, -0.2) is 4.39 Å². The number of hydrogen-bond donors (Lipinski definition) is 0. The molecule has 1 aliphatic carbocycles. The largest absolute Gasteiger partial charge is 0.345 e. The minimum atomic E-state index is -0.254. The van der Waals surface area contributed by atoms with Gasteiger partial charge in [0.2, 0.25) is 11.8 Å². The van der Waals surface area contributed by atoms with Crippen molar-refractivity contribution in [1.29, 1.82) is 0 Å². The van der Waals surface area contributed by atoms with E-state index in [0.717, 1.165) is 29.7 Å². The van der Waals surface area contributed by atoms with Crippen molar-refractivity contribution in [2.75, 3.05) is 13.1 Å². The Labute approximate surface area is 226 Å². The van der Waals surface area contributed by atoms with Crippen LogP contribution in [0.5, 0.6) is 0 Å². The van der Waals surface area contributed by atoms with E-state index < -0.39 is 0 Å². The highest BCUT2D eigenvalue weighted by Gasteiger charge is 2.24. The maximum Gasteiger partial charge on any atom is 0.242 e. The Morgan fingerprint density at radius 2 is 1.61 bits per heavy atom. The molecule has 3 aromatic rings. The van der Waals surface area contributed by atoms with Crippen molar-refractivity contribution >= 4 is 11.8 Å². The normalized spacial score (nSPS) is 13.5. The fourth-order valence-corrected chi connectivity index (χ4v) is 5.38. The fourth-order valence-electron chi connectivity index (χ4n) is 5.38. The summed E-state index contributed by atoms with van der Waals surface area (Å²) in [5.74, 6) is 0.439. The van der Waals surface area contributed by atoms with Crippen LogP contribution in [0.3, 0.4) is 0 Å². The minimum Gasteiger partial charge on any atom is -0.345 e. The van der Waals surface area contributed by atoms with Gasteiger partial charge in [-0.3, -0.25) is 9.59 Å². The molecular weight excluding hydrogens is 477 g/mol. The summed E-state index contributed by atoms with van der Waals surface area (Å²) in [5.41, 5.74) is 3.03. The van der Waals surface area contributed by atoms with Crippen LogP contribution < -0.4 is 0 Å². The molecule has 0 radical (unpaired) electrons. The second-order valence-corrected chi connectivity index (χ2v) is 10.5. The molecule has 202 valence electrons. The van der Waals surface area contributed by atoms with E-state index in [2.05, 4.69) is 4.57 Å². The highest BCUT2D eigenvalue weighted by atomic mass is 19.1. The lowest BCUT2D eigenvalue weighted by atomic mass is 10.0. The van der Waals surface area contributed by atoms with Crippen LogP contribution in [0.4, 0.5) is 4.39 Å². The fraction of sp³-hybridized carbons (Fsp3) is 0.438. The molecule has 6 heteroatoms. The monoisotopic (exact) mass is 517 g/mol. The molecule has 1 heterocycles. The number of benzene rings is 2. The van der Waals surface area contributed by atoms with E-state index in [1.807, 2.05) is 60.5 Å². The highest BCUT2D eigenvalue weighted by Crippen LogP contribution is 2.28. The second-order valence-electron chi connectivity index (χ2n) is 10.5. The lowest BCUT2D eigenvalue weighted by molar-refractivity contribution is -0.141. The molecule has 1 aromatic heterocycles. The van der Waals surface area contributed by atoms with Crippen LogP contribution in [0.15, 0.2) is 72.9 Å². The third-order valence-electron chi connectivity index (χ3n) is 7.53. The topological polar surface area (TPSA) is 45.6 Å². The Bertz CT molecular complexity index is 1150. The van der Waals surface area contributed by atoms with Gasteiger partial charge in [-0.2, -0.15) is 0 Å². The van der Waals surface area contributed by atoms with E-state index in [1.165, 1.54) is 37.8 Å². The first kappa shape index (κ1) is 27.6. The van der Waals surface area contributed by atoms with Crippen molar-refractivity contribution in [3.8, 4) is 0 Å². The van der Waals surface area contributed by atoms with E-state index in [4.69, 9.17) is 0 Å². The number of halogens is 1.